The number of rotatable bonds is 7. The molecule has 0 unspecified atom stereocenters. The van der Waals surface area contributed by atoms with Crippen LogP contribution < -0.4 is 19.9 Å². The molecule has 0 saturated carbocycles. The highest BCUT2D eigenvalue weighted by Crippen LogP contribution is 2.38. The third-order valence-corrected chi connectivity index (χ3v) is 5.84. The first-order valence-electron chi connectivity index (χ1n) is 10.2. The fraction of sp³-hybridized carbons (Fsp3) is 0.120. The summed E-state index contributed by atoms with van der Waals surface area (Å²) in [5.41, 5.74) is 4.66. The topological polar surface area (TPSA) is 67.9 Å². The van der Waals surface area contributed by atoms with Crippen LogP contribution in [0.5, 0.6) is 11.5 Å². The van der Waals surface area contributed by atoms with Crippen molar-refractivity contribution < 1.29 is 19.1 Å². The van der Waals surface area contributed by atoms with E-state index >= 15 is 0 Å². The van der Waals surface area contributed by atoms with E-state index in [4.69, 9.17) is 21.1 Å². The summed E-state index contributed by atoms with van der Waals surface area (Å²) in [6.07, 6.45) is 1.53. The number of para-hydroxylation sites is 1. The van der Waals surface area contributed by atoms with Crippen molar-refractivity contribution in [2.75, 3.05) is 11.6 Å². The van der Waals surface area contributed by atoms with Gasteiger partial charge in [-0.3, -0.25) is 15.0 Å². The summed E-state index contributed by atoms with van der Waals surface area (Å²) >= 11 is 9.76. The van der Waals surface area contributed by atoms with Crippen LogP contribution >= 0.6 is 27.5 Å². The molecule has 33 heavy (non-hydrogen) atoms. The first kappa shape index (κ1) is 22.9. The SMILES string of the molecule is CCOc1cc(/C=C2/C(=O)NN(c3ccccc3)C2=O)cc(Br)c1OCc1ccccc1Cl. The van der Waals surface area contributed by atoms with Crippen LogP contribution in [-0.4, -0.2) is 18.4 Å². The van der Waals surface area contributed by atoms with Gasteiger partial charge in [-0.05, 0) is 64.8 Å². The van der Waals surface area contributed by atoms with Gasteiger partial charge in [0.05, 0.1) is 16.8 Å². The molecule has 0 bridgehead atoms. The van der Waals surface area contributed by atoms with Crippen molar-refractivity contribution in [2.24, 2.45) is 0 Å². The first-order valence-corrected chi connectivity index (χ1v) is 11.4. The quantitative estimate of drug-likeness (QED) is 0.324. The van der Waals surface area contributed by atoms with E-state index in [1.807, 2.05) is 31.2 Å². The lowest BCUT2D eigenvalue weighted by atomic mass is 10.1. The van der Waals surface area contributed by atoms with Crippen molar-refractivity contribution in [2.45, 2.75) is 13.5 Å². The van der Waals surface area contributed by atoms with E-state index in [1.54, 1.807) is 42.5 Å². The van der Waals surface area contributed by atoms with Gasteiger partial charge in [-0.25, -0.2) is 5.01 Å². The van der Waals surface area contributed by atoms with E-state index < -0.39 is 11.8 Å². The third-order valence-electron chi connectivity index (χ3n) is 4.88. The lowest BCUT2D eigenvalue weighted by Crippen LogP contribution is -2.35. The minimum atomic E-state index is -0.475. The normalized spacial score (nSPS) is 14.5. The van der Waals surface area contributed by atoms with Crippen molar-refractivity contribution in [1.82, 2.24) is 5.43 Å². The fourth-order valence-corrected chi connectivity index (χ4v) is 4.09. The Kier molecular flexibility index (Phi) is 7.01. The zero-order chi connectivity index (χ0) is 23.4. The third kappa shape index (κ3) is 5.05. The average Bonchev–Trinajstić information content (AvgIpc) is 3.09. The van der Waals surface area contributed by atoms with E-state index in [2.05, 4.69) is 21.4 Å². The van der Waals surface area contributed by atoms with Gasteiger partial charge in [-0.1, -0.05) is 48.0 Å². The van der Waals surface area contributed by atoms with Gasteiger partial charge < -0.3 is 9.47 Å². The molecule has 8 heteroatoms. The lowest BCUT2D eigenvalue weighted by Gasteiger charge is -2.15. The van der Waals surface area contributed by atoms with Gasteiger partial charge >= 0.3 is 0 Å². The molecule has 4 rings (SSSR count). The maximum atomic E-state index is 12.9. The Morgan fingerprint density at radius 3 is 2.48 bits per heavy atom. The Bertz CT molecular complexity index is 1230. The Morgan fingerprint density at radius 1 is 1.03 bits per heavy atom. The molecule has 6 nitrogen and oxygen atoms in total. The second-order valence-electron chi connectivity index (χ2n) is 7.12. The van der Waals surface area contributed by atoms with Crippen molar-refractivity contribution in [3.63, 3.8) is 0 Å². The van der Waals surface area contributed by atoms with Crippen LogP contribution in [-0.2, 0) is 16.2 Å². The van der Waals surface area contributed by atoms with Crippen molar-refractivity contribution in [3.05, 3.63) is 92.9 Å². The molecular weight excluding hydrogens is 508 g/mol. The van der Waals surface area contributed by atoms with Crippen molar-refractivity contribution in [1.29, 1.82) is 0 Å². The zero-order valence-corrected chi connectivity index (χ0v) is 20.0. The molecule has 0 spiro atoms. The van der Waals surface area contributed by atoms with Crippen LogP contribution in [0.2, 0.25) is 5.02 Å². The predicted molar refractivity (Wildman–Crippen MR) is 131 cm³/mol. The van der Waals surface area contributed by atoms with E-state index in [0.717, 1.165) is 5.56 Å². The minimum absolute atomic E-state index is 0.0259. The molecule has 168 valence electrons. The summed E-state index contributed by atoms with van der Waals surface area (Å²) in [6, 6.07) is 19.9. The molecule has 0 radical (unpaired) electrons. The Labute approximate surface area is 204 Å². The molecule has 1 heterocycles. The van der Waals surface area contributed by atoms with E-state index in [-0.39, 0.29) is 12.2 Å². The average molecular weight is 528 g/mol. The van der Waals surface area contributed by atoms with Gasteiger partial charge in [0.25, 0.3) is 11.8 Å². The maximum absolute atomic E-state index is 12.9. The van der Waals surface area contributed by atoms with Crippen LogP contribution in [0.1, 0.15) is 18.1 Å². The smallest absolute Gasteiger partial charge is 0.282 e. The van der Waals surface area contributed by atoms with E-state index in [0.29, 0.717) is 38.9 Å². The van der Waals surface area contributed by atoms with Crippen LogP contribution in [0.3, 0.4) is 0 Å². The molecule has 2 amide bonds. The first-order chi connectivity index (χ1) is 16.0. The van der Waals surface area contributed by atoms with Crippen molar-refractivity contribution in [3.8, 4) is 11.5 Å². The van der Waals surface area contributed by atoms with Crippen molar-refractivity contribution >= 4 is 51.1 Å². The molecule has 0 aromatic heterocycles. The van der Waals surface area contributed by atoms with E-state index in [1.165, 1.54) is 11.1 Å². The molecular formula is C25H20BrClN2O4. The van der Waals surface area contributed by atoms with E-state index in [9.17, 15) is 9.59 Å². The number of nitrogens with one attached hydrogen (secondary N) is 1. The van der Waals surface area contributed by atoms with Gasteiger partial charge in [-0.15, -0.1) is 0 Å². The number of nitrogens with zero attached hydrogens (tertiary/aromatic N) is 1. The van der Waals surface area contributed by atoms with Gasteiger partial charge in [-0.2, -0.15) is 0 Å². The number of carbonyl (C=O) groups excluding carboxylic acids is 2. The lowest BCUT2D eigenvalue weighted by molar-refractivity contribution is -0.117. The fourth-order valence-electron chi connectivity index (χ4n) is 3.32. The molecule has 3 aromatic rings. The number of ether oxygens (including phenoxy) is 2. The van der Waals surface area contributed by atoms with Crippen LogP contribution in [0.25, 0.3) is 6.08 Å². The standard InChI is InChI=1S/C25H20BrClN2O4/c1-2-32-22-14-16(13-20(26)23(22)33-15-17-8-6-7-11-21(17)27)12-19-24(30)28-29(25(19)31)18-9-4-3-5-10-18/h3-14H,2,15H2,1H3,(H,28,30)/b19-12-. The van der Waals surface area contributed by atoms with Crippen LogP contribution in [0, 0.1) is 0 Å². The summed E-state index contributed by atoms with van der Waals surface area (Å²) in [6.45, 7) is 2.53. The largest absolute Gasteiger partial charge is 0.490 e. The zero-order valence-electron chi connectivity index (χ0n) is 17.7. The molecule has 1 aliphatic heterocycles. The second kappa shape index (κ2) is 10.1. The van der Waals surface area contributed by atoms with Gasteiger partial charge in [0, 0.05) is 10.6 Å². The molecule has 1 N–H and O–H groups in total. The minimum Gasteiger partial charge on any atom is -0.490 e. The Hall–Kier alpha value is -3.29. The number of hydrogen-bond donors (Lipinski definition) is 1. The molecule has 1 saturated heterocycles. The number of hydrazine groups is 1. The van der Waals surface area contributed by atoms with Gasteiger partial charge in [0.15, 0.2) is 11.5 Å². The van der Waals surface area contributed by atoms with Crippen LogP contribution in [0.4, 0.5) is 5.69 Å². The molecule has 3 aromatic carbocycles. The summed E-state index contributed by atoms with van der Waals surface area (Å²) < 4.78 is 12.4. The highest BCUT2D eigenvalue weighted by molar-refractivity contribution is 9.10. The van der Waals surface area contributed by atoms with Crippen LogP contribution in [0.15, 0.2) is 76.8 Å². The highest BCUT2D eigenvalue weighted by Gasteiger charge is 2.34. The number of carbonyl (C=O) groups is 2. The van der Waals surface area contributed by atoms with Gasteiger partial charge in [0.2, 0.25) is 0 Å². The number of amides is 2. The maximum Gasteiger partial charge on any atom is 0.282 e. The number of anilines is 1. The Morgan fingerprint density at radius 2 is 1.76 bits per heavy atom. The summed E-state index contributed by atoms with van der Waals surface area (Å²) in [5, 5.41) is 1.84. The second-order valence-corrected chi connectivity index (χ2v) is 8.38. The number of halogens is 2. The highest BCUT2D eigenvalue weighted by atomic mass is 79.9. The molecule has 0 aliphatic carbocycles. The summed E-state index contributed by atoms with van der Waals surface area (Å²) in [4.78, 5) is 25.4. The molecule has 0 atom stereocenters. The molecule has 1 fully saturated rings. The van der Waals surface area contributed by atoms with Gasteiger partial charge in [0.1, 0.15) is 12.2 Å². The summed E-state index contributed by atoms with van der Waals surface area (Å²) in [5.74, 6) is 0.0832. The predicted octanol–water partition coefficient (Wildman–Crippen LogP) is 5.54. The monoisotopic (exact) mass is 526 g/mol. The Balaban J connectivity index is 1.62. The number of hydrogen-bond acceptors (Lipinski definition) is 4. The number of benzene rings is 3. The summed E-state index contributed by atoms with van der Waals surface area (Å²) in [7, 11) is 0. The molecule has 1 aliphatic rings.